The van der Waals surface area contributed by atoms with Crippen LogP contribution >= 0.6 is 24.0 Å². The van der Waals surface area contributed by atoms with Gasteiger partial charge >= 0.3 is 0 Å². The van der Waals surface area contributed by atoms with Gasteiger partial charge in [-0.1, -0.05) is 31.4 Å². The highest BCUT2D eigenvalue weighted by molar-refractivity contribution is 14.0. The molecule has 0 radical (unpaired) electrons. The number of carbonyl (C=O) groups is 1. The van der Waals surface area contributed by atoms with E-state index in [4.69, 9.17) is 0 Å². The highest BCUT2D eigenvalue weighted by atomic mass is 127. The number of carbonyl (C=O) groups excluding carboxylic acids is 1. The maximum Gasteiger partial charge on any atom is 0.239 e. The molecular weight excluding hydrogens is 434 g/mol. The molecule has 1 aliphatic rings. The number of benzene rings is 1. The van der Waals surface area contributed by atoms with E-state index >= 15 is 0 Å². The fourth-order valence-electron chi connectivity index (χ4n) is 2.84. The minimum atomic E-state index is -0.271. The van der Waals surface area contributed by atoms with Crippen molar-refractivity contribution < 1.29 is 9.18 Å². The van der Waals surface area contributed by atoms with Crippen LogP contribution in [-0.2, 0) is 11.3 Å². The molecule has 25 heavy (non-hydrogen) atoms. The summed E-state index contributed by atoms with van der Waals surface area (Å²) in [4.78, 5) is 16.4. The number of nitrogens with one attached hydrogen (secondary N) is 3. The van der Waals surface area contributed by atoms with Gasteiger partial charge < -0.3 is 16.0 Å². The van der Waals surface area contributed by atoms with E-state index in [1.807, 2.05) is 13.0 Å². The lowest BCUT2D eigenvalue weighted by Crippen LogP contribution is -2.46. The van der Waals surface area contributed by atoms with E-state index in [2.05, 4.69) is 20.9 Å². The summed E-state index contributed by atoms with van der Waals surface area (Å²) in [5, 5.41) is 9.18. The predicted octanol–water partition coefficient (Wildman–Crippen LogP) is 2.95. The van der Waals surface area contributed by atoms with E-state index in [0.717, 1.165) is 18.4 Å². The second kappa shape index (κ2) is 12.1. The summed E-state index contributed by atoms with van der Waals surface area (Å²) < 4.78 is 13.2. The highest BCUT2D eigenvalue weighted by Crippen LogP contribution is 2.17. The molecular formula is C18H28FIN4O. The first-order valence-electron chi connectivity index (χ1n) is 8.73. The average Bonchev–Trinajstić information content (AvgIpc) is 2.58. The Balaban J connectivity index is 0.00000312. The SMILES string of the molecule is CCNC(=NCc1cccc(F)c1)NCC(=O)NC1CCCCC1.I. The Labute approximate surface area is 166 Å². The number of hydrogen-bond acceptors (Lipinski definition) is 2. The predicted molar refractivity (Wildman–Crippen MR) is 110 cm³/mol. The van der Waals surface area contributed by atoms with Gasteiger partial charge in [-0.15, -0.1) is 24.0 Å². The molecule has 5 nitrogen and oxygen atoms in total. The molecule has 2 rings (SSSR count). The van der Waals surface area contributed by atoms with Crippen molar-refractivity contribution in [3.8, 4) is 0 Å². The second-order valence-electron chi connectivity index (χ2n) is 6.08. The molecule has 0 saturated heterocycles. The van der Waals surface area contributed by atoms with Crippen molar-refractivity contribution in [2.75, 3.05) is 13.1 Å². The summed E-state index contributed by atoms with van der Waals surface area (Å²) in [5.74, 6) is 0.270. The van der Waals surface area contributed by atoms with E-state index in [-0.39, 0.29) is 42.2 Å². The van der Waals surface area contributed by atoms with Crippen molar-refractivity contribution in [3.63, 3.8) is 0 Å². The van der Waals surface area contributed by atoms with Crippen molar-refractivity contribution in [1.29, 1.82) is 0 Å². The van der Waals surface area contributed by atoms with Crippen molar-refractivity contribution in [2.24, 2.45) is 4.99 Å². The normalized spacial score (nSPS) is 15.2. The van der Waals surface area contributed by atoms with Gasteiger partial charge in [-0.2, -0.15) is 0 Å². The molecule has 0 unspecified atom stereocenters. The van der Waals surface area contributed by atoms with Crippen LogP contribution < -0.4 is 16.0 Å². The van der Waals surface area contributed by atoms with Gasteiger partial charge in [-0.05, 0) is 37.5 Å². The number of nitrogens with zero attached hydrogens (tertiary/aromatic N) is 1. The van der Waals surface area contributed by atoms with Gasteiger partial charge in [0.05, 0.1) is 13.1 Å². The number of rotatable bonds is 6. The summed E-state index contributed by atoms with van der Waals surface area (Å²) in [7, 11) is 0. The smallest absolute Gasteiger partial charge is 0.239 e. The van der Waals surface area contributed by atoms with Gasteiger partial charge in [0.25, 0.3) is 0 Å². The summed E-state index contributed by atoms with van der Waals surface area (Å²) in [6.45, 7) is 3.20. The van der Waals surface area contributed by atoms with Crippen LogP contribution in [0.5, 0.6) is 0 Å². The van der Waals surface area contributed by atoms with Crippen LogP contribution in [0.15, 0.2) is 29.3 Å². The monoisotopic (exact) mass is 462 g/mol. The molecule has 140 valence electrons. The van der Waals surface area contributed by atoms with Gasteiger partial charge in [-0.25, -0.2) is 9.38 Å². The second-order valence-corrected chi connectivity index (χ2v) is 6.08. The summed E-state index contributed by atoms with van der Waals surface area (Å²) in [6.07, 6.45) is 5.78. The number of aliphatic imine (C=N–C) groups is 1. The van der Waals surface area contributed by atoms with E-state index in [1.54, 1.807) is 6.07 Å². The standard InChI is InChI=1S/C18H27FN4O.HI/c1-2-20-18(21-12-14-7-6-8-15(19)11-14)22-13-17(24)23-16-9-4-3-5-10-16;/h6-8,11,16H,2-5,9-10,12-13H2,1H3,(H,23,24)(H2,20,21,22);1H. The minimum Gasteiger partial charge on any atom is -0.357 e. The van der Waals surface area contributed by atoms with Crippen molar-refractivity contribution >= 4 is 35.8 Å². The fraction of sp³-hybridized carbons (Fsp3) is 0.556. The fourth-order valence-corrected chi connectivity index (χ4v) is 2.84. The van der Waals surface area contributed by atoms with Crippen LogP contribution in [0, 0.1) is 5.82 Å². The van der Waals surface area contributed by atoms with Crippen LogP contribution in [0.25, 0.3) is 0 Å². The van der Waals surface area contributed by atoms with Crippen LogP contribution in [0.3, 0.4) is 0 Å². The summed E-state index contributed by atoms with van der Waals surface area (Å²) in [5.41, 5.74) is 0.791. The van der Waals surface area contributed by atoms with Crippen LogP contribution in [0.1, 0.15) is 44.6 Å². The number of amides is 1. The number of guanidine groups is 1. The third kappa shape index (κ3) is 8.51. The lowest BCUT2D eigenvalue weighted by atomic mass is 9.95. The van der Waals surface area contributed by atoms with Crippen LogP contribution in [0.2, 0.25) is 0 Å². The molecule has 1 aromatic rings. The highest BCUT2D eigenvalue weighted by Gasteiger charge is 2.15. The van der Waals surface area contributed by atoms with Crippen molar-refractivity contribution in [3.05, 3.63) is 35.6 Å². The van der Waals surface area contributed by atoms with Crippen LogP contribution in [0.4, 0.5) is 4.39 Å². The molecule has 3 N–H and O–H groups in total. The third-order valence-corrected chi connectivity index (χ3v) is 4.04. The van der Waals surface area contributed by atoms with Crippen molar-refractivity contribution in [1.82, 2.24) is 16.0 Å². The van der Waals surface area contributed by atoms with Gasteiger partial charge in [0.2, 0.25) is 5.91 Å². The number of halogens is 2. The summed E-state index contributed by atoms with van der Waals surface area (Å²) >= 11 is 0. The first-order chi connectivity index (χ1) is 11.7. The maximum atomic E-state index is 13.2. The zero-order chi connectivity index (χ0) is 17.2. The Kier molecular flexibility index (Phi) is 10.4. The molecule has 1 aliphatic carbocycles. The van der Waals surface area contributed by atoms with Crippen molar-refractivity contribution in [2.45, 2.75) is 51.6 Å². The van der Waals surface area contributed by atoms with Gasteiger partial charge in [0, 0.05) is 12.6 Å². The molecule has 0 atom stereocenters. The number of hydrogen-bond donors (Lipinski definition) is 3. The molecule has 0 heterocycles. The molecule has 0 aromatic heterocycles. The Hall–Kier alpha value is -1.38. The molecule has 1 fully saturated rings. The largest absolute Gasteiger partial charge is 0.357 e. The zero-order valence-corrected chi connectivity index (χ0v) is 17.0. The molecule has 0 bridgehead atoms. The van der Waals surface area contributed by atoms with E-state index < -0.39 is 0 Å². The van der Waals surface area contributed by atoms with Gasteiger partial charge in [-0.3, -0.25) is 4.79 Å². The topological polar surface area (TPSA) is 65.5 Å². The quantitative estimate of drug-likeness (QED) is 0.346. The third-order valence-electron chi connectivity index (χ3n) is 4.04. The molecule has 0 spiro atoms. The zero-order valence-electron chi connectivity index (χ0n) is 14.7. The molecule has 1 saturated carbocycles. The average molecular weight is 462 g/mol. The molecule has 1 aromatic carbocycles. The summed E-state index contributed by atoms with van der Waals surface area (Å²) in [6, 6.07) is 6.67. The maximum absolute atomic E-state index is 13.2. The molecule has 1 amide bonds. The van der Waals surface area contributed by atoms with Crippen LogP contribution in [-0.4, -0.2) is 31.0 Å². The van der Waals surface area contributed by atoms with E-state index in [0.29, 0.717) is 25.1 Å². The lowest BCUT2D eigenvalue weighted by molar-refractivity contribution is -0.120. The van der Waals surface area contributed by atoms with E-state index in [9.17, 15) is 9.18 Å². The first-order valence-corrected chi connectivity index (χ1v) is 8.73. The molecule has 0 aliphatic heterocycles. The first kappa shape index (κ1) is 21.7. The van der Waals surface area contributed by atoms with E-state index in [1.165, 1.54) is 31.4 Å². The minimum absolute atomic E-state index is 0. The van der Waals surface area contributed by atoms with Gasteiger partial charge in [0.1, 0.15) is 5.82 Å². The van der Waals surface area contributed by atoms with Gasteiger partial charge in [0.15, 0.2) is 5.96 Å². The Morgan fingerprint density at radius 1 is 1.24 bits per heavy atom. The lowest BCUT2D eigenvalue weighted by Gasteiger charge is -2.23. The Morgan fingerprint density at radius 3 is 2.68 bits per heavy atom. The Morgan fingerprint density at radius 2 is 2.00 bits per heavy atom. The molecule has 7 heteroatoms. The Bertz CT molecular complexity index is 562.